The van der Waals surface area contributed by atoms with Gasteiger partial charge >= 0.3 is 0 Å². The molecule has 0 saturated heterocycles. The molecule has 0 aliphatic carbocycles. The number of ether oxygens (including phenoxy) is 1. The van der Waals surface area contributed by atoms with Crippen LogP contribution < -0.4 is 0 Å². The molecule has 0 N–H and O–H groups in total. The molecule has 1 nitrogen and oxygen atoms in total. The highest BCUT2D eigenvalue weighted by Gasteiger charge is 1.93. The van der Waals surface area contributed by atoms with Crippen molar-refractivity contribution < 1.29 is 6.11 Å². The van der Waals surface area contributed by atoms with Gasteiger partial charge in [0.15, 0.2) is 0 Å². The number of methoxy groups -OCH3 is 1. The van der Waals surface area contributed by atoms with E-state index in [1.807, 2.05) is 21.6 Å². The van der Waals surface area contributed by atoms with Crippen molar-refractivity contribution in [2.45, 2.75) is 58.3 Å². The zero-order valence-electron chi connectivity index (χ0n) is 11.7. The van der Waals surface area contributed by atoms with E-state index >= 15 is 0 Å². The molecule has 0 fully saturated rings. The van der Waals surface area contributed by atoms with Crippen molar-refractivity contribution >= 4 is 21.6 Å². The summed E-state index contributed by atoms with van der Waals surface area (Å²) in [6, 6.07) is 0. The third kappa shape index (κ3) is 14.7. The summed E-state index contributed by atoms with van der Waals surface area (Å²) in [5, 5.41) is 0. The van der Waals surface area contributed by atoms with E-state index in [1.54, 1.807) is 7.11 Å². The summed E-state index contributed by atoms with van der Waals surface area (Å²) in [6.07, 6.45) is 10.2. The number of hydrogen-bond acceptors (Lipinski definition) is 3. The smallest absolute Gasteiger partial charge is 0.0462 e. The summed E-state index contributed by atoms with van der Waals surface area (Å²) < 4.78 is 12.1. The topological polar surface area (TPSA) is 9.23 Å². The fraction of sp³-hybridized carbons (Fsp3) is 1.00. The zero-order chi connectivity index (χ0) is 12.6. The van der Waals surface area contributed by atoms with Crippen LogP contribution >= 0.6 is 21.6 Å². The van der Waals surface area contributed by atoms with Crippen molar-refractivity contribution in [2.75, 3.05) is 25.2 Å². The first-order valence-electron chi connectivity index (χ1n) is 7.15. The highest BCUT2D eigenvalue weighted by atomic mass is 33.1. The molecule has 0 amide bonds. The lowest BCUT2D eigenvalue weighted by Crippen LogP contribution is -1.88. The minimum absolute atomic E-state index is 0.602. The maximum absolute atomic E-state index is 7.04. The van der Waals surface area contributed by atoms with Crippen molar-refractivity contribution in [1.82, 2.24) is 0 Å². The SMILES string of the molecule is [2H]CCCCCCSSCCCCCCOC. The van der Waals surface area contributed by atoms with Gasteiger partial charge in [0, 0.05) is 26.6 Å². The third-order valence-electron chi connectivity index (χ3n) is 2.39. The molecule has 0 heterocycles. The highest BCUT2D eigenvalue weighted by Crippen LogP contribution is 2.24. The minimum atomic E-state index is 0.602. The highest BCUT2D eigenvalue weighted by molar-refractivity contribution is 8.76. The molecule has 0 radical (unpaired) electrons. The first-order valence-corrected chi connectivity index (χ1v) is 8.93. The molecule has 0 spiro atoms. The average molecular weight is 266 g/mol. The van der Waals surface area contributed by atoms with Crippen LogP contribution in [-0.2, 0) is 4.74 Å². The van der Waals surface area contributed by atoms with E-state index in [9.17, 15) is 0 Å². The van der Waals surface area contributed by atoms with Crippen molar-refractivity contribution in [3.8, 4) is 0 Å². The number of unbranched alkanes of at least 4 members (excludes halogenated alkanes) is 6. The van der Waals surface area contributed by atoms with Crippen LogP contribution in [0.15, 0.2) is 0 Å². The third-order valence-corrected chi connectivity index (χ3v) is 4.96. The average Bonchev–Trinajstić information content (AvgIpc) is 2.35. The molecule has 0 atom stereocenters. The van der Waals surface area contributed by atoms with Crippen LogP contribution in [0.4, 0.5) is 0 Å². The van der Waals surface area contributed by atoms with Gasteiger partial charge in [-0.2, -0.15) is 0 Å². The van der Waals surface area contributed by atoms with E-state index in [2.05, 4.69) is 0 Å². The fourth-order valence-electron chi connectivity index (χ4n) is 1.39. The number of rotatable bonds is 13. The minimum Gasteiger partial charge on any atom is -0.385 e. The van der Waals surface area contributed by atoms with Crippen LogP contribution in [0.2, 0.25) is 0 Å². The predicted molar refractivity (Wildman–Crippen MR) is 79.4 cm³/mol. The van der Waals surface area contributed by atoms with E-state index in [0.717, 1.165) is 13.0 Å². The summed E-state index contributed by atoms with van der Waals surface area (Å²) >= 11 is 0. The molecule has 0 unspecified atom stereocenters. The van der Waals surface area contributed by atoms with Gasteiger partial charge in [0.05, 0.1) is 0 Å². The van der Waals surface area contributed by atoms with Crippen molar-refractivity contribution in [2.24, 2.45) is 0 Å². The first kappa shape index (κ1) is 14.7. The van der Waals surface area contributed by atoms with Crippen molar-refractivity contribution in [3.05, 3.63) is 0 Å². The molecule has 0 aliphatic heterocycles. The lowest BCUT2D eigenvalue weighted by atomic mass is 10.2. The molecule has 0 aromatic heterocycles. The fourth-order valence-corrected chi connectivity index (χ4v) is 3.69. The lowest BCUT2D eigenvalue weighted by molar-refractivity contribution is 0.192. The predicted octanol–water partition coefficient (Wildman–Crippen LogP) is 5.15. The van der Waals surface area contributed by atoms with Gasteiger partial charge in [-0.3, -0.25) is 0 Å². The molecule has 0 rings (SSSR count). The zero-order valence-corrected chi connectivity index (χ0v) is 12.3. The van der Waals surface area contributed by atoms with E-state index < -0.39 is 0 Å². The largest absolute Gasteiger partial charge is 0.385 e. The van der Waals surface area contributed by atoms with Gasteiger partial charge in [-0.1, -0.05) is 60.6 Å². The van der Waals surface area contributed by atoms with Gasteiger partial charge in [-0.15, -0.1) is 0 Å². The van der Waals surface area contributed by atoms with Crippen LogP contribution in [0.25, 0.3) is 0 Å². The normalized spacial score (nSPS) is 11.7. The van der Waals surface area contributed by atoms with Gasteiger partial charge in [0.2, 0.25) is 0 Å². The molecule has 0 aromatic carbocycles. The van der Waals surface area contributed by atoms with Gasteiger partial charge in [0.1, 0.15) is 0 Å². The second kappa shape index (κ2) is 15.7. The van der Waals surface area contributed by atoms with Gasteiger partial charge in [0.25, 0.3) is 0 Å². The van der Waals surface area contributed by atoms with Crippen LogP contribution in [0, 0.1) is 0 Å². The van der Waals surface area contributed by atoms with E-state index in [-0.39, 0.29) is 0 Å². The lowest BCUT2D eigenvalue weighted by Gasteiger charge is -2.02. The maximum atomic E-state index is 7.04. The van der Waals surface area contributed by atoms with Gasteiger partial charge in [-0.05, 0) is 19.3 Å². The van der Waals surface area contributed by atoms with Crippen LogP contribution in [-0.4, -0.2) is 25.2 Å². The Morgan fingerprint density at radius 2 is 1.50 bits per heavy atom. The second-order valence-corrected chi connectivity index (χ2v) is 6.67. The molecule has 16 heavy (non-hydrogen) atoms. The molecule has 0 saturated carbocycles. The van der Waals surface area contributed by atoms with Crippen molar-refractivity contribution in [1.29, 1.82) is 0 Å². The van der Waals surface area contributed by atoms with E-state index in [1.165, 1.54) is 56.5 Å². The summed E-state index contributed by atoms with van der Waals surface area (Å²) in [4.78, 5) is 0. The molecular formula is C13H28OS2. The summed E-state index contributed by atoms with van der Waals surface area (Å²) in [5.41, 5.74) is 0. The summed E-state index contributed by atoms with van der Waals surface area (Å²) in [7, 11) is 5.83. The molecule has 0 bridgehead atoms. The molecule has 0 aromatic rings. The van der Waals surface area contributed by atoms with Gasteiger partial charge < -0.3 is 4.74 Å². The Morgan fingerprint density at radius 3 is 2.12 bits per heavy atom. The summed E-state index contributed by atoms with van der Waals surface area (Å²) in [6.45, 7) is 1.52. The van der Waals surface area contributed by atoms with E-state index in [0.29, 0.717) is 6.90 Å². The Hall–Kier alpha value is 0.660. The van der Waals surface area contributed by atoms with Gasteiger partial charge in [-0.25, -0.2) is 0 Å². The Kier molecular flexibility index (Phi) is 14.4. The molecular weight excluding hydrogens is 236 g/mol. The molecule has 3 heteroatoms. The second-order valence-electron chi connectivity index (χ2n) is 3.97. The van der Waals surface area contributed by atoms with E-state index in [4.69, 9.17) is 6.11 Å². The maximum Gasteiger partial charge on any atom is 0.0462 e. The monoisotopic (exact) mass is 265 g/mol. The molecule has 0 aliphatic rings. The number of hydrogen-bond donors (Lipinski definition) is 0. The summed E-state index contributed by atoms with van der Waals surface area (Å²) in [5.74, 6) is 2.58. The molecule has 98 valence electrons. The van der Waals surface area contributed by atoms with Crippen LogP contribution in [0.1, 0.15) is 59.6 Å². The Labute approximate surface area is 111 Å². The quantitative estimate of drug-likeness (QED) is 0.336. The Balaban J connectivity index is 2.85. The van der Waals surface area contributed by atoms with Crippen LogP contribution in [0.5, 0.6) is 0 Å². The van der Waals surface area contributed by atoms with Crippen LogP contribution in [0.3, 0.4) is 0 Å². The first-order chi connectivity index (χ1) is 8.41. The Morgan fingerprint density at radius 1 is 0.875 bits per heavy atom. The Bertz CT molecular complexity index is 123. The van der Waals surface area contributed by atoms with Crippen molar-refractivity contribution in [3.63, 3.8) is 0 Å². The standard InChI is InChI=1S/C13H28OS2/c1-3-4-5-9-12-15-16-13-10-7-6-8-11-14-2/h3-13H2,1-2H3/i1D.